The Morgan fingerprint density at radius 2 is 1.82 bits per heavy atom. The number of primary amides is 1. The number of hydrogen-bond acceptors (Lipinski definition) is 4. The van der Waals surface area contributed by atoms with Crippen molar-refractivity contribution in [3.8, 4) is 5.75 Å². The van der Waals surface area contributed by atoms with Crippen LogP contribution in [0, 0.1) is 5.92 Å². The zero-order valence-electron chi connectivity index (χ0n) is 20.5. The summed E-state index contributed by atoms with van der Waals surface area (Å²) in [5.74, 6) is 1.11. The molecular formula is C28H37N3O3. The van der Waals surface area contributed by atoms with Crippen molar-refractivity contribution in [2.24, 2.45) is 11.7 Å². The molecule has 2 amide bonds. The highest BCUT2D eigenvalue weighted by atomic mass is 16.5. The predicted molar refractivity (Wildman–Crippen MR) is 134 cm³/mol. The van der Waals surface area contributed by atoms with Crippen LogP contribution in [0.1, 0.15) is 64.4 Å². The van der Waals surface area contributed by atoms with Gasteiger partial charge in [0.2, 0.25) is 5.91 Å². The highest BCUT2D eigenvalue weighted by Crippen LogP contribution is 2.32. The minimum Gasteiger partial charge on any atom is -0.496 e. The van der Waals surface area contributed by atoms with Gasteiger partial charge in [-0.05, 0) is 86.4 Å². The first-order valence-corrected chi connectivity index (χ1v) is 12.6. The van der Waals surface area contributed by atoms with Crippen LogP contribution < -0.4 is 10.5 Å². The van der Waals surface area contributed by atoms with Crippen LogP contribution in [-0.2, 0) is 12.8 Å². The van der Waals surface area contributed by atoms with E-state index in [0.717, 1.165) is 64.0 Å². The quantitative estimate of drug-likeness (QED) is 0.644. The maximum absolute atomic E-state index is 13.0. The van der Waals surface area contributed by atoms with Gasteiger partial charge in [-0.25, -0.2) is 0 Å². The molecule has 1 unspecified atom stereocenters. The number of nitrogens with two attached hydrogens (primary N) is 1. The van der Waals surface area contributed by atoms with Crippen LogP contribution in [0.3, 0.4) is 0 Å². The summed E-state index contributed by atoms with van der Waals surface area (Å²) in [7, 11) is 1.76. The summed E-state index contributed by atoms with van der Waals surface area (Å²) in [4.78, 5) is 29.1. The van der Waals surface area contributed by atoms with E-state index in [1.54, 1.807) is 31.4 Å². The average Bonchev–Trinajstić information content (AvgIpc) is 2.87. The van der Waals surface area contributed by atoms with E-state index < -0.39 is 5.91 Å². The van der Waals surface area contributed by atoms with Gasteiger partial charge in [0.25, 0.3) is 5.91 Å². The topological polar surface area (TPSA) is 75.9 Å². The molecule has 1 saturated heterocycles. The molecule has 2 aromatic rings. The first-order chi connectivity index (χ1) is 16.5. The van der Waals surface area contributed by atoms with E-state index in [2.05, 4.69) is 30.0 Å². The van der Waals surface area contributed by atoms with E-state index in [-0.39, 0.29) is 5.91 Å². The molecule has 2 N–H and O–H groups in total. The number of carbonyl (C=O) groups excluding carboxylic acids is 2. The lowest BCUT2D eigenvalue weighted by atomic mass is 9.86. The van der Waals surface area contributed by atoms with Crippen LogP contribution in [0.5, 0.6) is 5.75 Å². The molecule has 0 radical (unpaired) electrons. The highest BCUT2D eigenvalue weighted by Gasteiger charge is 2.30. The molecule has 0 bridgehead atoms. The number of benzene rings is 2. The van der Waals surface area contributed by atoms with E-state index in [1.165, 1.54) is 17.5 Å². The number of nitrogens with zero attached hydrogens (tertiary/aromatic N) is 2. The molecule has 1 heterocycles. The molecule has 1 aliphatic heterocycles. The predicted octanol–water partition coefficient (Wildman–Crippen LogP) is 3.92. The smallest absolute Gasteiger partial charge is 0.253 e. The van der Waals surface area contributed by atoms with Crippen LogP contribution >= 0.6 is 0 Å². The number of ether oxygens (including phenoxy) is 1. The second-order valence-electron chi connectivity index (χ2n) is 9.67. The van der Waals surface area contributed by atoms with Crippen molar-refractivity contribution >= 4 is 11.8 Å². The minimum absolute atomic E-state index is 0.00945. The number of likely N-dealkylation sites (tertiary alicyclic amines) is 1. The number of fused-ring (bicyclic) bond motifs is 1. The summed E-state index contributed by atoms with van der Waals surface area (Å²) in [6, 6.07) is 13.7. The molecule has 34 heavy (non-hydrogen) atoms. The first-order valence-electron chi connectivity index (χ1n) is 12.6. The molecule has 1 atom stereocenters. The van der Waals surface area contributed by atoms with Gasteiger partial charge < -0.3 is 15.4 Å². The Balaban J connectivity index is 1.35. The van der Waals surface area contributed by atoms with Gasteiger partial charge in [-0.15, -0.1) is 0 Å². The van der Waals surface area contributed by atoms with Crippen molar-refractivity contribution in [3.05, 3.63) is 64.7 Å². The largest absolute Gasteiger partial charge is 0.496 e. The molecule has 6 heteroatoms. The van der Waals surface area contributed by atoms with E-state index in [0.29, 0.717) is 23.1 Å². The lowest BCUT2D eigenvalue weighted by Crippen LogP contribution is -2.46. The zero-order valence-corrected chi connectivity index (χ0v) is 20.5. The van der Waals surface area contributed by atoms with E-state index in [4.69, 9.17) is 10.5 Å². The molecule has 2 aliphatic rings. The summed E-state index contributed by atoms with van der Waals surface area (Å²) >= 11 is 0. The Morgan fingerprint density at radius 1 is 1.09 bits per heavy atom. The monoisotopic (exact) mass is 463 g/mol. The van der Waals surface area contributed by atoms with Gasteiger partial charge in [0.05, 0.1) is 7.11 Å². The molecular weight excluding hydrogens is 426 g/mol. The lowest BCUT2D eigenvalue weighted by molar-refractivity contribution is 0.0642. The number of piperidine rings is 1. The van der Waals surface area contributed by atoms with Crippen molar-refractivity contribution in [3.63, 3.8) is 0 Å². The summed E-state index contributed by atoms with van der Waals surface area (Å²) in [5, 5.41) is 0. The Hall–Kier alpha value is -2.86. The Labute approximate surface area is 203 Å². The standard InChI is InChI=1S/C28H37N3O3/c1-3-14-31(24-10-11-25-21(18-24)6-5-9-26(25)34-2)19-20-12-15-30(16-13-20)28(33)23-8-4-7-22(17-23)27(29)32/h4-9,17,20,24H,3,10-16,18-19H2,1-2H3,(H2,29,32). The van der Waals surface area contributed by atoms with Crippen molar-refractivity contribution in [1.82, 2.24) is 9.80 Å². The van der Waals surface area contributed by atoms with Crippen LogP contribution in [-0.4, -0.2) is 60.9 Å². The van der Waals surface area contributed by atoms with Crippen molar-refractivity contribution in [1.29, 1.82) is 0 Å². The van der Waals surface area contributed by atoms with E-state index in [9.17, 15) is 9.59 Å². The molecule has 0 aromatic heterocycles. The van der Waals surface area contributed by atoms with Crippen LogP contribution in [0.2, 0.25) is 0 Å². The van der Waals surface area contributed by atoms with Gasteiger partial charge in [-0.3, -0.25) is 14.5 Å². The summed E-state index contributed by atoms with van der Waals surface area (Å²) in [6.07, 6.45) is 6.49. The Morgan fingerprint density at radius 3 is 2.53 bits per heavy atom. The molecule has 182 valence electrons. The van der Waals surface area contributed by atoms with Crippen LogP contribution in [0.4, 0.5) is 0 Å². The summed E-state index contributed by atoms with van der Waals surface area (Å²) in [5.41, 5.74) is 9.10. The maximum atomic E-state index is 13.0. The van der Waals surface area contributed by atoms with Crippen molar-refractivity contribution in [2.75, 3.05) is 33.3 Å². The number of hydrogen-bond donors (Lipinski definition) is 1. The average molecular weight is 464 g/mol. The normalized spacial score (nSPS) is 18.6. The molecule has 4 rings (SSSR count). The SMILES string of the molecule is CCCN(CC1CCN(C(=O)c2cccc(C(N)=O)c2)CC1)C1CCc2c(cccc2OC)C1. The molecule has 1 aliphatic carbocycles. The summed E-state index contributed by atoms with van der Waals surface area (Å²) < 4.78 is 5.59. The van der Waals surface area contributed by atoms with Crippen LogP contribution in [0.15, 0.2) is 42.5 Å². The Bertz CT molecular complexity index is 1010. The third-order valence-electron chi connectivity index (χ3n) is 7.45. The van der Waals surface area contributed by atoms with Crippen LogP contribution in [0.25, 0.3) is 0 Å². The van der Waals surface area contributed by atoms with Gasteiger partial charge >= 0.3 is 0 Å². The fourth-order valence-corrected chi connectivity index (χ4v) is 5.60. The van der Waals surface area contributed by atoms with Gasteiger partial charge in [0.1, 0.15) is 5.75 Å². The van der Waals surface area contributed by atoms with E-state index in [1.807, 2.05) is 4.90 Å². The second kappa shape index (κ2) is 11.0. The molecule has 1 fully saturated rings. The Kier molecular flexibility index (Phi) is 7.88. The third-order valence-corrected chi connectivity index (χ3v) is 7.45. The van der Waals surface area contributed by atoms with E-state index >= 15 is 0 Å². The molecule has 6 nitrogen and oxygen atoms in total. The fraction of sp³-hybridized carbons (Fsp3) is 0.500. The third kappa shape index (κ3) is 5.44. The molecule has 2 aromatic carbocycles. The van der Waals surface area contributed by atoms with Gasteiger partial charge in [0, 0.05) is 36.8 Å². The fourth-order valence-electron chi connectivity index (χ4n) is 5.60. The number of carbonyl (C=O) groups is 2. The zero-order chi connectivity index (χ0) is 24.1. The number of amides is 2. The van der Waals surface area contributed by atoms with Crippen molar-refractivity contribution < 1.29 is 14.3 Å². The highest BCUT2D eigenvalue weighted by molar-refractivity contribution is 5.99. The van der Waals surface area contributed by atoms with Gasteiger partial charge in [-0.2, -0.15) is 0 Å². The molecule has 0 spiro atoms. The number of rotatable bonds is 8. The van der Waals surface area contributed by atoms with Crippen molar-refractivity contribution in [2.45, 2.75) is 51.5 Å². The minimum atomic E-state index is -0.506. The summed E-state index contributed by atoms with van der Waals surface area (Å²) in [6.45, 7) is 5.98. The lowest BCUT2D eigenvalue weighted by Gasteiger charge is -2.40. The maximum Gasteiger partial charge on any atom is 0.253 e. The van der Waals surface area contributed by atoms with Gasteiger partial charge in [0.15, 0.2) is 0 Å². The first kappa shape index (κ1) is 24.3. The second-order valence-corrected chi connectivity index (χ2v) is 9.67. The number of methoxy groups -OCH3 is 1. The van der Waals surface area contributed by atoms with Gasteiger partial charge in [-0.1, -0.05) is 25.1 Å². The molecule has 0 saturated carbocycles.